The molecule has 1 atom stereocenters. The molecular formula is C13H21BrN2. The van der Waals surface area contributed by atoms with Crippen molar-refractivity contribution >= 4 is 15.9 Å². The molecule has 3 heteroatoms. The van der Waals surface area contributed by atoms with E-state index in [4.69, 9.17) is 0 Å². The highest BCUT2D eigenvalue weighted by Gasteiger charge is 2.02. The van der Waals surface area contributed by atoms with Crippen molar-refractivity contribution < 1.29 is 0 Å². The van der Waals surface area contributed by atoms with E-state index in [-0.39, 0.29) is 0 Å². The molecule has 90 valence electrons. The number of rotatable bonds is 6. The Bertz CT molecular complexity index is 295. The number of benzene rings is 1. The Hall–Kier alpha value is -0.380. The van der Waals surface area contributed by atoms with Gasteiger partial charge in [0, 0.05) is 17.1 Å². The predicted octanol–water partition coefficient (Wildman–Crippen LogP) is 2.88. The summed E-state index contributed by atoms with van der Waals surface area (Å²) in [5.41, 5.74) is 1.33. The van der Waals surface area contributed by atoms with Crippen LogP contribution in [0.4, 0.5) is 0 Å². The van der Waals surface area contributed by atoms with Crippen LogP contribution in [0, 0.1) is 0 Å². The molecule has 0 spiro atoms. The van der Waals surface area contributed by atoms with Gasteiger partial charge in [-0.25, -0.2) is 0 Å². The van der Waals surface area contributed by atoms with Crippen LogP contribution in [0.25, 0.3) is 0 Å². The molecule has 0 aliphatic rings. The molecule has 0 fully saturated rings. The van der Waals surface area contributed by atoms with E-state index in [2.05, 4.69) is 71.4 Å². The summed E-state index contributed by atoms with van der Waals surface area (Å²) in [6.07, 6.45) is 1.18. The second-order valence-corrected chi connectivity index (χ2v) is 5.42. The zero-order valence-corrected chi connectivity index (χ0v) is 11.9. The largest absolute Gasteiger partial charge is 0.310 e. The maximum atomic E-state index is 3.53. The van der Waals surface area contributed by atoms with E-state index >= 15 is 0 Å². The molecule has 0 bridgehead atoms. The summed E-state index contributed by atoms with van der Waals surface area (Å²) in [6, 6.07) is 9.03. The van der Waals surface area contributed by atoms with Crippen LogP contribution in [0.1, 0.15) is 18.9 Å². The Morgan fingerprint density at radius 3 is 2.44 bits per heavy atom. The first kappa shape index (κ1) is 13.7. The third-order valence-corrected chi connectivity index (χ3v) is 3.11. The molecule has 0 aliphatic carbocycles. The van der Waals surface area contributed by atoms with Gasteiger partial charge < -0.3 is 10.2 Å². The number of nitrogens with one attached hydrogen (secondary N) is 1. The summed E-state index contributed by atoms with van der Waals surface area (Å²) < 4.78 is 1.14. The lowest BCUT2D eigenvalue weighted by Gasteiger charge is -2.16. The first-order chi connectivity index (χ1) is 7.58. The van der Waals surface area contributed by atoms with E-state index in [0.29, 0.717) is 6.04 Å². The standard InChI is InChI=1S/C13H21BrN2/c1-11(8-9-16(2)3)15-10-12-4-6-13(14)7-5-12/h4-7,11,15H,8-10H2,1-3H3. The molecule has 1 aromatic rings. The van der Waals surface area contributed by atoms with Gasteiger partial charge in [-0.15, -0.1) is 0 Å². The normalized spacial score (nSPS) is 13.1. The van der Waals surface area contributed by atoms with Crippen LogP contribution in [-0.2, 0) is 6.54 Å². The second kappa shape index (κ2) is 7.05. The summed E-state index contributed by atoms with van der Waals surface area (Å²) >= 11 is 3.44. The van der Waals surface area contributed by atoms with E-state index in [9.17, 15) is 0 Å². The first-order valence-electron chi connectivity index (χ1n) is 5.70. The highest BCUT2D eigenvalue weighted by molar-refractivity contribution is 9.10. The van der Waals surface area contributed by atoms with Gasteiger partial charge >= 0.3 is 0 Å². The van der Waals surface area contributed by atoms with Crippen LogP contribution in [0.15, 0.2) is 28.7 Å². The molecule has 1 aromatic carbocycles. The van der Waals surface area contributed by atoms with Crippen LogP contribution in [-0.4, -0.2) is 31.6 Å². The fraction of sp³-hybridized carbons (Fsp3) is 0.538. The molecule has 1 N–H and O–H groups in total. The van der Waals surface area contributed by atoms with Crippen molar-refractivity contribution in [3.63, 3.8) is 0 Å². The van der Waals surface area contributed by atoms with Gasteiger partial charge in [-0.3, -0.25) is 0 Å². The number of hydrogen-bond acceptors (Lipinski definition) is 2. The summed E-state index contributed by atoms with van der Waals surface area (Å²) in [5, 5.41) is 3.53. The van der Waals surface area contributed by atoms with Crippen LogP contribution >= 0.6 is 15.9 Å². The van der Waals surface area contributed by atoms with Crippen LogP contribution < -0.4 is 5.32 Å². The minimum Gasteiger partial charge on any atom is -0.310 e. The molecule has 1 unspecified atom stereocenters. The Labute approximate surface area is 107 Å². The third-order valence-electron chi connectivity index (χ3n) is 2.58. The Morgan fingerprint density at radius 1 is 1.25 bits per heavy atom. The van der Waals surface area contributed by atoms with E-state index in [1.807, 2.05) is 0 Å². The van der Waals surface area contributed by atoms with E-state index in [1.165, 1.54) is 12.0 Å². The van der Waals surface area contributed by atoms with Crippen LogP contribution in [0.5, 0.6) is 0 Å². The highest BCUT2D eigenvalue weighted by Crippen LogP contribution is 2.10. The summed E-state index contributed by atoms with van der Waals surface area (Å²) in [5.74, 6) is 0. The molecule has 16 heavy (non-hydrogen) atoms. The fourth-order valence-corrected chi connectivity index (χ4v) is 1.71. The van der Waals surface area contributed by atoms with Crippen molar-refractivity contribution in [1.82, 2.24) is 10.2 Å². The molecule has 0 aromatic heterocycles. The van der Waals surface area contributed by atoms with Crippen LogP contribution in [0.2, 0.25) is 0 Å². The number of halogens is 1. The van der Waals surface area contributed by atoms with Crippen molar-refractivity contribution in [2.45, 2.75) is 25.9 Å². The second-order valence-electron chi connectivity index (χ2n) is 4.50. The summed E-state index contributed by atoms with van der Waals surface area (Å²) in [6.45, 7) is 4.32. The summed E-state index contributed by atoms with van der Waals surface area (Å²) in [7, 11) is 4.23. The van der Waals surface area contributed by atoms with Crippen molar-refractivity contribution in [3.8, 4) is 0 Å². The zero-order valence-electron chi connectivity index (χ0n) is 10.3. The quantitative estimate of drug-likeness (QED) is 0.864. The lowest BCUT2D eigenvalue weighted by atomic mass is 10.2. The third kappa shape index (κ3) is 5.64. The summed E-state index contributed by atoms with van der Waals surface area (Å²) in [4.78, 5) is 2.22. The topological polar surface area (TPSA) is 15.3 Å². The Balaban J connectivity index is 2.26. The molecule has 1 rings (SSSR count). The molecule has 0 saturated carbocycles. The molecule has 0 radical (unpaired) electrons. The van der Waals surface area contributed by atoms with Gasteiger partial charge in [-0.05, 0) is 51.7 Å². The maximum absolute atomic E-state index is 3.53. The van der Waals surface area contributed by atoms with Crippen molar-refractivity contribution in [3.05, 3.63) is 34.3 Å². The van der Waals surface area contributed by atoms with E-state index in [1.54, 1.807) is 0 Å². The van der Waals surface area contributed by atoms with Crippen LogP contribution in [0.3, 0.4) is 0 Å². The lowest BCUT2D eigenvalue weighted by Crippen LogP contribution is -2.29. The Kier molecular flexibility index (Phi) is 6.03. The van der Waals surface area contributed by atoms with Crippen molar-refractivity contribution in [1.29, 1.82) is 0 Å². The number of nitrogens with zero attached hydrogens (tertiary/aromatic N) is 1. The molecule has 0 aliphatic heterocycles. The van der Waals surface area contributed by atoms with Gasteiger partial charge in [-0.2, -0.15) is 0 Å². The number of hydrogen-bond donors (Lipinski definition) is 1. The lowest BCUT2D eigenvalue weighted by molar-refractivity contribution is 0.365. The SMILES string of the molecule is CC(CCN(C)C)NCc1ccc(Br)cc1. The Morgan fingerprint density at radius 2 is 1.88 bits per heavy atom. The van der Waals surface area contributed by atoms with Gasteiger partial charge in [0.1, 0.15) is 0 Å². The minimum absolute atomic E-state index is 0.561. The average Bonchev–Trinajstić information content (AvgIpc) is 2.25. The molecular weight excluding hydrogens is 264 g/mol. The van der Waals surface area contributed by atoms with E-state index in [0.717, 1.165) is 17.6 Å². The van der Waals surface area contributed by atoms with Gasteiger partial charge in [0.15, 0.2) is 0 Å². The monoisotopic (exact) mass is 284 g/mol. The molecule has 0 amide bonds. The molecule has 0 saturated heterocycles. The van der Waals surface area contributed by atoms with Crippen molar-refractivity contribution in [2.75, 3.05) is 20.6 Å². The van der Waals surface area contributed by atoms with E-state index < -0.39 is 0 Å². The highest BCUT2D eigenvalue weighted by atomic mass is 79.9. The predicted molar refractivity (Wildman–Crippen MR) is 73.6 cm³/mol. The first-order valence-corrected chi connectivity index (χ1v) is 6.50. The zero-order chi connectivity index (χ0) is 12.0. The van der Waals surface area contributed by atoms with Gasteiger partial charge in [-0.1, -0.05) is 28.1 Å². The van der Waals surface area contributed by atoms with Gasteiger partial charge in [0.2, 0.25) is 0 Å². The minimum atomic E-state index is 0.561. The maximum Gasteiger partial charge on any atom is 0.0207 e. The van der Waals surface area contributed by atoms with Gasteiger partial charge in [0.05, 0.1) is 0 Å². The average molecular weight is 285 g/mol. The molecule has 2 nitrogen and oxygen atoms in total. The van der Waals surface area contributed by atoms with Gasteiger partial charge in [0.25, 0.3) is 0 Å². The smallest absolute Gasteiger partial charge is 0.0207 e. The van der Waals surface area contributed by atoms with Crippen molar-refractivity contribution in [2.24, 2.45) is 0 Å². The molecule has 0 heterocycles. The fourth-order valence-electron chi connectivity index (χ4n) is 1.45.